The van der Waals surface area contributed by atoms with Crippen molar-refractivity contribution >= 4 is 46.6 Å². The van der Waals surface area contributed by atoms with Crippen molar-refractivity contribution in [2.45, 2.75) is 13.0 Å². The topological polar surface area (TPSA) is 102 Å². The zero-order valence-electron chi connectivity index (χ0n) is 18.0. The van der Waals surface area contributed by atoms with Crippen molar-refractivity contribution in [3.8, 4) is 11.5 Å². The van der Waals surface area contributed by atoms with Crippen LogP contribution in [-0.2, 0) is 16.1 Å². The number of carboxylic acid groups (broad SMARTS) is 1. The van der Waals surface area contributed by atoms with Crippen molar-refractivity contribution in [3.05, 3.63) is 63.0 Å². The van der Waals surface area contributed by atoms with Gasteiger partial charge in [0.1, 0.15) is 6.61 Å². The summed E-state index contributed by atoms with van der Waals surface area (Å²) in [6, 6.07) is 9.57. The molecule has 0 radical (unpaired) electrons. The molecule has 2 aromatic carbocycles. The Kier molecular flexibility index (Phi) is 8.37. The fraction of sp³-hybridized carbons (Fsp3) is 0.261. The number of halogens is 1. The second kappa shape index (κ2) is 11.2. The van der Waals surface area contributed by atoms with Gasteiger partial charge in [-0.25, -0.2) is 4.79 Å². The van der Waals surface area contributed by atoms with Gasteiger partial charge in [-0.05, 0) is 59.7 Å². The second-order valence-corrected chi connectivity index (χ2v) is 8.40. The lowest BCUT2D eigenvalue weighted by atomic mass is 10.1. The minimum absolute atomic E-state index is 0.149. The molecule has 174 valence electrons. The van der Waals surface area contributed by atoms with E-state index in [9.17, 15) is 14.4 Å². The number of rotatable bonds is 10. The van der Waals surface area contributed by atoms with E-state index in [0.717, 1.165) is 17.3 Å². The lowest BCUT2D eigenvalue weighted by Gasteiger charge is -2.14. The van der Waals surface area contributed by atoms with E-state index in [1.54, 1.807) is 37.5 Å². The summed E-state index contributed by atoms with van der Waals surface area (Å²) in [4.78, 5) is 37.2. The van der Waals surface area contributed by atoms with Crippen molar-refractivity contribution < 1.29 is 33.7 Å². The number of thioether (sulfide) groups is 1. The lowest BCUT2D eigenvalue weighted by Crippen LogP contribution is -2.29. The van der Waals surface area contributed by atoms with E-state index in [-0.39, 0.29) is 28.3 Å². The maximum absolute atomic E-state index is 12.6. The Morgan fingerprint density at radius 3 is 2.55 bits per heavy atom. The van der Waals surface area contributed by atoms with Gasteiger partial charge >= 0.3 is 5.97 Å². The zero-order chi connectivity index (χ0) is 24.0. The summed E-state index contributed by atoms with van der Waals surface area (Å²) in [5.41, 5.74) is 1.52. The number of carboxylic acids is 1. The van der Waals surface area contributed by atoms with E-state index in [1.807, 2.05) is 0 Å². The zero-order valence-corrected chi connectivity index (χ0v) is 19.6. The van der Waals surface area contributed by atoms with Crippen LogP contribution in [0.25, 0.3) is 6.08 Å². The number of imide groups is 1. The van der Waals surface area contributed by atoms with Crippen LogP contribution in [0.5, 0.6) is 11.5 Å². The van der Waals surface area contributed by atoms with Crippen molar-refractivity contribution in [1.29, 1.82) is 0 Å². The molecule has 1 fully saturated rings. The van der Waals surface area contributed by atoms with Crippen LogP contribution >= 0.6 is 23.4 Å². The highest BCUT2D eigenvalue weighted by molar-refractivity contribution is 8.18. The summed E-state index contributed by atoms with van der Waals surface area (Å²) in [5, 5.41) is 8.93. The molecule has 1 aliphatic rings. The number of methoxy groups -OCH3 is 2. The number of carbonyl (C=O) groups is 3. The molecule has 2 amide bonds. The third kappa shape index (κ3) is 6.07. The van der Waals surface area contributed by atoms with Gasteiger partial charge in [0.2, 0.25) is 0 Å². The molecule has 0 aliphatic carbocycles. The predicted molar refractivity (Wildman–Crippen MR) is 125 cm³/mol. The Bertz CT molecular complexity index is 1080. The molecule has 0 unspecified atom stereocenters. The van der Waals surface area contributed by atoms with Crippen LogP contribution in [0.15, 0.2) is 41.3 Å². The van der Waals surface area contributed by atoms with Crippen molar-refractivity contribution in [2.24, 2.45) is 0 Å². The number of ether oxygens (including phenoxy) is 3. The van der Waals surface area contributed by atoms with Crippen LogP contribution in [0.1, 0.15) is 27.9 Å². The number of amides is 2. The maximum atomic E-state index is 12.6. The average molecular weight is 492 g/mol. The third-order valence-electron chi connectivity index (χ3n) is 4.74. The van der Waals surface area contributed by atoms with Gasteiger partial charge in [-0.2, -0.15) is 0 Å². The van der Waals surface area contributed by atoms with Crippen LogP contribution in [0.4, 0.5) is 4.79 Å². The van der Waals surface area contributed by atoms with Gasteiger partial charge in [-0.1, -0.05) is 23.7 Å². The molecule has 1 saturated heterocycles. The molecule has 8 nitrogen and oxygen atoms in total. The van der Waals surface area contributed by atoms with Crippen LogP contribution in [0, 0.1) is 0 Å². The smallest absolute Gasteiger partial charge is 0.335 e. The first-order valence-electron chi connectivity index (χ1n) is 9.91. The number of carbonyl (C=O) groups excluding carboxylic acids is 2. The van der Waals surface area contributed by atoms with Crippen molar-refractivity contribution in [1.82, 2.24) is 4.90 Å². The van der Waals surface area contributed by atoms with E-state index >= 15 is 0 Å². The number of hydrogen-bond acceptors (Lipinski definition) is 7. The SMILES string of the molecule is COCCCN1C(=O)S/C(=C/c2cc(Cl)c(OCc3ccc(C(=O)O)cc3)c(OC)c2)C1=O. The molecule has 33 heavy (non-hydrogen) atoms. The molecule has 1 heterocycles. The fourth-order valence-corrected chi connectivity index (χ4v) is 4.21. The van der Waals surface area contributed by atoms with E-state index in [0.29, 0.717) is 41.5 Å². The number of hydrogen-bond donors (Lipinski definition) is 1. The highest BCUT2D eigenvalue weighted by atomic mass is 35.5. The van der Waals surface area contributed by atoms with Crippen molar-refractivity contribution in [2.75, 3.05) is 27.4 Å². The normalized spacial score (nSPS) is 14.8. The minimum atomic E-state index is -1.00. The van der Waals surface area contributed by atoms with Crippen molar-refractivity contribution in [3.63, 3.8) is 0 Å². The monoisotopic (exact) mass is 491 g/mol. The summed E-state index contributed by atoms with van der Waals surface area (Å²) in [6.45, 7) is 0.897. The molecule has 0 aromatic heterocycles. The maximum Gasteiger partial charge on any atom is 0.335 e. The Balaban J connectivity index is 1.75. The summed E-state index contributed by atoms with van der Waals surface area (Å²) in [6.07, 6.45) is 2.15. The van der Waals surface area contributed by atoms with E-state index in [2.05, 4.69) is 0 Å². The Morgan fingerprint density at radius 2 is 1.91 bits per heavy atom. The predicted octanol–water partition coefficient (Wildman–Crippen LogP) is 4.70. The first kappa shape index (κ1) is 24.6. The quantitative estimate of drug-likeness (QED) is 0.377. The first-order valence-corrected chi connectivity index (χ1v) is 11.1. The molecule has 0 spiro atoms. The van der Waals surface area contributed by atoms with Gasteiger partial charge in [-0.15, -0.1) is 0 Å². The van der Waals surface area contributed by atoms with Crippen LogP contribution in [0.2, 0.25) is 5.02 Å². The molecule has 0 atom stereocenters. The van der Waals surface area contributed by atoms with Crippen LogP contribution < -0.4 is 9.47 Å². The molecular formula is C23H22ClNO7S. The van der Waals surface area contributed by atoms with E-state index < -0.39 is 5.97 Å². The Hall–Kier alpha value is -3.01. The highest BCUT2D eigenvalue weighted by Crippen LogP contribution is 2.39. The standard InChI is InChI=1S/C23H22ClNO7S/c1-30-9-3-8-25-21(26)19(33-23(25)29)12-15-10-17(24)20(18(11-15)31-2)32-13-14-4-6-16(7-5-14)22(27)28/h4-7,10-12H,3,8-9,13H2,1-2H3,(H,27,28)/b19-12+. The lowest BCUT2D eigenvalue weighted by molar-refractivity contribution is -0.122. The Labute approximate surface area is 200 Å². The number of aromatic carboxylic acids is 1. The van der Waals surface area contributed by atoms with Gasteiger partial charge in [0.05, 0.1) is 22.6 Å². The van der Waals surface area contributed by atoms with Gasteiger partial charge in [0, 0.05) is 20.3 Å². The van der Waals surface area contributed by atoms with Crippen LogP contribution in [-0.4, -0.2) is 54.5 Å². The fourth-order valence-electron chi connectivity index (χ4n) is 3.07. The number of nitrogens with zero attached hydrogens (tertiary/aromatic N) is 1. The van der Waals surface area contributed by atoms with Gasteiger partial charge in [-0.3, -0.25) is 14.5 Å². The first-order chi connectivity index (χ1) is 15.8. The second-order valence-electron chi connectivity index (χ2n) is 7.00. The number of benzene rings is 2. The molecule has 10 heteroatoms. The summed E-state index contributed by atoms with van der Waals surface area (Å²) >= 11 is 7.28. The molecule has 0 saturated carbocycles. The molecule has 2 aromatic rings. The largest absolute Gasteiger partial charge is 0.493 e. The Morgan fingerprint density at radius 1 is 1.18 bits per heavy atom. The molecule has 1 aliphatic heterocycles. The molecule has 1 N–H and O–H groups in total. The third-order valence-corrected chi connectivity index (χ3v) is 5.93. The van der Waals surface area contributed by atoms with Gasteiger partial charge in [0.25, 0.3) is 11.1 Å². The minimum Gasteiger partial charge on any atom is -0.493 e. The van der Waals surface area contributed by atoms with Crippen LogP contribution in [0.3, 0.4) is 0 Å². The summed E-state index contributed by atoms with van der Waals surface area (Å²) in [7, 11) is 3.03. The molecular weight excluding hydrogens is 470 g/mol. The van der Waals surface area contributed by atoms with Gasteiger partial charge in [0.15, 0.2) is 11.5 Å². The molecule has 0 bridgehead atoms. The van der Waals surface area contributed by atoms with E-state index in [4.69, 9.17) is 30.9 Å². The summed E-state index contributed by atoms with van der Waals surface area (Å²) < 4.78 is 16.2. The molecule has 3 rings (SSSR count). The highest BCUT2D eigenvalue weighted by Gasteiger charge is 2.34. The van der Waals surface area contributed by atoms with E-state index in [1.165, 1.54) is 24.1 Å². The summed E-state index contributed by atoms with van der Waals surface area (Å²) in [5.74, 6) is -0.696. The average Bonchev–Trinajstić information content (AvgIpc) is 3.05. The van der Waals surface area contributed by atoms with Gasteiger partial charge < -0.3 is 19.3 Å².